The third-order valence-corrected chi connectivity index (χ3v) is 5.61. The van der Waals surface area contributed by atoms with Crippen LogP contribution in [0.3, 0.4) is 0 Å². The molecule has 0 spiro atoms. The monoisotopic (exact) mass is 444 g/mol. The van der Waals surface area contributed by atoms with Gasteiger partial charge in [-0.2, -0.15) is 0 Å². The quantitative estimate of drug-likeness (QED) is 0.157. The fraction of sp³-hybridized carbons (Fsp3) is 0.920. The molecule has 0 aliphatic carbocycles. The van der Waals surface area contributed by atoms with Crippen LogP contribution in [0.25, 0.3) is 0 Å². The van der Waals surface area contributed by atoms with Crippen LogP contribution in [0.5, 0.6) is 0 Å². The molecule has 0 aromatic carbocycles. The number of carbonyl (C=O) groups is 2. The fourth-order valence-corrected chi connectivity index (χ4v) is 3.50. The zero-order chi connectivity index (χ0) is 23.2. The minimum Gasteiger partial charge on any atom is -0.465 e. The maximum atomic E-state index is 12.0. The molecule has 0 bridgehead atoms. The van der Waals surface area contributed by atoms with Crippen LogP contribution in [-0.2, 0) is 28.5 Å². The van der Waals surface area contributed by atoms with Crippen molar-refractivity contribution in [2.45, 2.75) is 97.3 Å². The van der Waals surface area contributed by atoms with Crippen LogP contribution in [0, 0.1) is 11.8 Å². The predicted octanol–water partition coefficient (Wildman–Crippen LogP) is 5.71. The van der Waals surface area contributed by atoms with E-state index in [2.05, 4.69) is 13.8 Å². The van der Waals surface area contributed by atoms with Crippen LogP contribution in [0.4, 0.5) is 0 Å². The predicted molar refractivity (Wildman–Crippen MR) is 124 cm³/mol. The first-order valence-electron chi connectivity index (χ1n) is 12.4. The molecule has 0 amide bonds. The number of methoxy groups -OCH3 is 2. The topological polar surface area (TPSA) is 71.1 Å². The lowest BCUT2D eigenvalue weighted by Crippen LogP contribution is -2.17. The van der Waals surface area contributed by atoms with Crippen molar-refractivity contribution in [2.24, 2.45) is 11.8 Å². The third kappa shape index (κ3) is 19.3. The van der Waals surface area contributed by atoms with Crippen LogP contribution < -0.4 is 0 Å². The number of hydrogen-bond donors (Lipinski definition) is 0. The Balaban J connectivity index is 4.05. The van der Waals surface area contributed by atoms with Crippen LogP contribution in [0.1, 0.15) is 97.3 Å². The van der Waals surface area contributed by atoms with Crippen molar-refractivity contribution < 1.29 is 28.5 Å². The van der Waals surface area contributed by atoms with E-state index in [1.807, 2.05) is 0 Å². The van der Waals surface area contributed by atoms with Gasteiger partial charge < -0.3 is 18.9 Å². The summed E-state index contributed by atoms with van der Waals surface area (Å²) in [4.78, 5) is 24.1. The molecule has 0 saturated heterocycles. The highest BCUT2D eigenvalue weighted by Gasteiger charge is 2.14. The second-order valence-electron chi connectivity index (χ2n) is 8.51. The van der Waals surface area contributed by atoms with E-state index in [0.717, 1.165) is 38.5 Å². The average Bonchev–Trinajstić information content (AvgIpc) is 2.76. The van der Waals surface area contributed by atoms with Crippen molar-refractivity contribution in [1.29, 1.82) is 0 Å². The van der Waals surface area contributed by atoms with E-state index in [0.29, 0.717) is 44.7 Å². The van der Waals surface area contributed by atoms with Gasteiger partial charge in [-0.3, -0.25) is 9.59 Å². The Morgan fingerprint density at radius 3 is 1.39 bits per heavy atom. The summed E-state index contributed by atoms with van der Waals surface area (Å²) < 4.78 is 21.2. The molecule has 0 N–H and O–H groups in total. The fourth-order valence-electron chi connectivity index (χ4n) is 3.50. The molecule has 0 saturated carbocycles. The van der Waals surface area contributed by atoms with Gasteiger partial charge in [-0.25, -0.2) is 0 Å². The smallest absolute Gasteiger partial charge is 0.305 e. The summed E-state index contributed by atoms with van der Waals surface area (Å²) >= 11 is 0. The van der Waals surface area contributed by atoms with Crippen molar-refractivity contribution in [1.82, 2.24) is 0 Å². The maximum Gasteiger partial charge on any atom is 0.305 e. The summed E-state index contributed by atoms with van der Waals surface area (Å²) in [7, 11) is 3.39. The lowest BCUT2D eigenvalue weighted by Gasteiger charge is -2.17. The Bertz CT molecular complexity index is 388. The van der Waals surface area contributed by atoms with E-state index in [1.54, 1.807) is 14.2 Å². The first-order chi connectivity index (χ1) is 15.1. The average molecular weight is 445 g/mol. The van der Waals surface area contributed by atoms with Gasteiger partial charge in [0.05, 0.1) is 13.2 Å². The van der Waals surface area contributed by atoms with E-state index >= 15 is 0 Å². The number of unbranched alkanes of at least 4 members (excludes halogenated alkanes) is 4. The summed E-state index contributed by atoms with van der Waals surface area (Å²) in [5, 5.41) is 0. The number of esters is 2. The molecule has 2 unspecified atom stereocenters. The normalized spacial score (nSPS) is 13.0. The zero-order valence-electron chi connectivity index (χ0n) is 20.6. The lowest BCUT2D eigenvalue weighted by atomic mass is 9.99. The highest BCUT2D eigenvalue weighted by molar-refractivity contribution is 5.72. The van der Waals surface area contributed by atoms with E-state index in [4.69, 9.17) is 18.9 Å². The van der Waals surface area contributed by atoms with Gasteiger partial charge in [-0.15, -0.1) is 0 Å². The van der Waals surface area contributed by atoms with E-state index < -0.39 is 0 Å². The van der Waals surface area contributed by atoms with Crippen LogP contribution in [-0.4, -0.2) is 52.6 Å². The Kier molecular flexibility index (Phi) is 21.3. The molecule has 0 rings (SSSR count). The van der Waals surface area contributed by atoms with Gasteiger partial charge in [0.15, 0.2) is 0 Å². The van der Waals surface area contributed by atoms with Gasteiger partial charge in [0, 0.05) is 40.3 Å². The van der Waals surface area contributed by atoms with E-state index in [1.165, 1.54) is 25.7 Å². The van der Waals surface area contributed by atoms with Gasteiger partial charge in [0.25, 0.3) is 0 Å². The molecular formula is C25H48O6. The molecule has 0 aliphatic heterocycles. The largest absolute Gasteiger partial charge is 0.465 e. The number of rotatable bonds is 22. The van der Waals surface area contributed by atoms with Crippen molar-refractivity contribution in [3.05, 3.63) is 0 Å². The number of ether oxygens (including phenoxy) is 4. The molecule has 0 radical (unpaired) electrons. The van der Waals surface area contributed by atoms with Crippen molar-refractivity contribution >= 4 is 11.9 Å². The maximum absolute atomic E-state index is 12.0. The summed E-state index contributed by atoms with van der Waals surface area (Å²) in [6.07, 6.45) is 12.0. The third-order valence-electron chi connectivity index (χ3n) is 5.61. The van der Waals surface area contributed by atoms with E-state index in [9.17, 15) is 9.59 Å². The van der Waals surface area contributed by atoms with Gasteiger partial charge in [-0.1, -0.05) is 52.4 Å². The van der Waals surface area contributed by atoms with Crippen molar-refractivity contribution in [2.75, 3.05) is 40.6 Å². The lowest BCUT2D eigenvalue weighted by molar-refractivity contribution is -0.147. The Morgan fingerprint density at radius 1 is 0.613 bits per heavy atom. The Morgan fingerprint density at radius 2 is 1.03 bits per heavy atom. The highest BCUT2D eigenvalue weighted by Crippen LogP contribution is 2.16. The summed E-state index contributed by atoms with van der Waals surface area (Å²) in [5.41, 5.74) is 0. The van der Waals surface area contributed by atoms with Crippen LogP contribution >= 0.6 is 0 Å². The molecule has 6 heteroatoms. The Labute approximate surface area is 190 Å². The first kappa shape index (κ1) is 29.9. The molecule has 6 nitrogen and oxygen atoms in total. The first-order valence-corrected chi connectivity index (χ1v) is 12.4. The molecule has 0 heterocycles. The van der Waals surface area contributed by atoms with E-state index in [-0.39, 0.29) is 24.8 Å². The standard InChI is InChI=1S/C25H48O6/c1-5-7-9-12-22(16-18-28-3)20-30-24(26)14-11-15-25(27)31-21-23(17-19-29-4)13-10-8-6-2/h22-23H,5-21H2,1-4H3. The van der Waals surface area contributed by atoms with Crippen LogP contribution in [0.15, 0.2) is 0 Å². The second-order valence-corrected chi connectivity index (χ2v) is 8.51. The molecule has 184 valence electrons. The minimum atomic E-state index is -0.233. The summed E-state index contributed by atoms with van der Waals surface area (Å²) in [6.45, 7) is 6.61. The van der Waals surface area contributed by atoms with Crippen molar-refractivity contribution in [3.63, 3.8) is 0 Å². The van der Waals surface area contributed by atoms with Gasteiger partial charge in [0.1, 0.15) is 0 Å². The SMILES string of the molecule is CCCCCC(CCOC)COC(=O)CCCC(=O)OCC(CCCCC)CCOC. The molecule has 0 aliphatic rings. The number of carbonyl (C=O) groups excluding carboxylic acids is 2. The molecule has 0 aromatic rings. The zero-order valence-corrected chi connectivity index (χ0v) is 20.6. The molecule has 31 heavy (non-hydrogen) atoms. The molecule has 0 fully saturated rings. The van der Waals surface area contributed by atoms with Crippen molar-refractivity contribution in [3.8, 4) is 0 Å². The Hall–Kier alpha value is -1.14. The molecular weight excluding hydrogens is 396 g/mol. The van der Waals surface area contributed by atoms with Crippen LogP contribution in [0.2, 0.25) is 0 Å². The number of hydrogen-bond acceptors (Lipinski definition) is 6. The summed E-state index contributed by atoms with van der Waals surface area (Å²) in [6, 6.07) is 0. The summed E-state index contributed by atoms with van der Waals surface area (Å²) in [5.74, 6) is 0.223. The van der Waals surface area contributed by atoms with Gasteiger partial charge in [-0.05, 0) is 43.9 Å². The second kappa shape index (κ2) is 22.1. The minimum absolute atomic E-state index is 0.233. The molecule has 0 aromatic heterocycles. The van der Waals surface area contributed by atoms with Gasteiger partial charge in [0.2, 0.25) is 0 Å². The van der Waals surface area contributed by atoms with Gasteiger partial charge >= 0.3 is 11.9 Å². The highest BCUT2D eigenvalue weighted by atomic mass is 16.5. The molecule has 2 atom stereocenters.